The van der Waals surface area contributed by atoms with Gasteiger partial charge in [0.25, 0.3) is 0 Å². The van der Waals surface area contributed by atoms with Gasteiger partial charge in [0.05, 0.1) is 0 Å². The first-order chi connectivity index (χ1) is 15.2. The second-order valence-corrected chi connectivity index (χ2v) is 8.97. The van der Waals surface area contributed by atoms with Gasteiger partial charge in [-0.25, -0.2) is 0 Å². The minimum Gasteiger partial charge on any atom is -0.323 e. The van der Waals surface area contributed by atoms with E-state index in [0.717, 1.165) is 13.0 Å². The highest BCUT2D eigenvalue weighted by molar-refractivity contribution is 5.86. The Morgan fingerprint density at radius 3 is 2.45 bits per heavy atom. The van der Waals surface area contributed by atoms with E-state index in [9.17, 15) is 0 Å². The van der Waals surface area contributed by atoms with Crippen LogP contribution in [0.4, 0.5) is 0 Å². The highest BCUT2D eigenvalue weighted by atomic mass is 15.2. The summed E-state index contributed by atoms with van der Waals surface area (Å²) in [5.41, 5.74) is 9.75. The smallest absolute Gasteiger partial charge is 0.0371 e. The van der Waals surface area contributed by atoms with E-state index in [1.165, 1.54) is 52.1 Å². The van der Waals surface area contributed by atoms with Crippen LogP contribution in [0.25, 0.3) is 21.5 Å². The summed E-state index contributed by atoms with van der Waals surface area (Å²) in [6.07, 6.45) is 3.68. The molecule has 2 nitrogen and oxygen atoms in total. The molecule has 0 spiro atoms. The lowest BCUT2D eigenvalue weighted by molar-refractivity contribution is 0.237. The van der Waals surface area contributed by atoms with Crippen molar-refractivity contribution in [2.24, 2.45) is 5.73 Å². The molecular formula is C29H32N2. The largest absolute Gasteiger partial charge is 0.323 e. The molecule has 1 aliphatic rings. The Morgan fingerprint density at radius 1 is 0.871 bits per heavy atom. The molecule has 2 N–H and O–H groups in total. The molecule has 0 amide bonds. The summed E-state index contributed by atoms with van der Waals surface area (Å²) in [4.78, 5) is 2.64. The normalized spacial score (nSPS) is 19.1. The summed E-state index contributed by atoms with van der Waals surface area (Å²) in [5.74, 6) is 0.285. The molecule has 1 heterocycles. The van der Waals surface area contributed by atoms with E-state index < -0.39 is 0 Å². The third-order valence-electron chi connectivity index (χ3n) is 7.25. The van der Waals surface area contributed by atoms with Gasteiger partial charge >= 0.3 is 0 Å². The van der Waals surface area contributed by atoms with Gasteiger partial charge in [0.2, 0.25) is 0 Å². The van der Waals surface area contributed by atoms with E-state index >= 15 is 0 Å². The van der Waals surface area contributed by atoms with Crippen LogP contribution in [0.2, 0.25) is 0 Å². The van der Waals surface area contributed by atoms with Crippen molar-refractivity contribution in [2.75, 3.05) is 13.1 Å². The zero-order chi connectivity index (χ0) is 21.2. The summed E-state index contributed by atoms with van der Waals surface area (Å²) in [6, 6.07) is 31.4. The first-order valence-corrected chi connectivity index (χ1v) is 11.7. The Balaban J connectivity index is 1.58. The van der Waals surface area contributed by atoms with Crippen molar-refractivity contribution >= 4 is 21.5 Å². The van der Waals surface area contributed by atoms with Gasteiger partial charge in [-0.1, -0.05) is 91.9 Å². The molecule has 0 saturated carbocycles. The molecule has 1 saturated heterocycles. The fourth-order valence-corrected chi connectivity index (χ4v) is 5.56. The molecule has 3 unspecified atom stereocenters. The van der Waals surface area contributed by atoms with E-state index in [-0.39, 0.29) is 12.0 Å². The molecule has 0 aliphatic carbocycles. The topological polar surface area (TPSA) is 29.3 Å². The van der Waals surface area contributed by atoms with Crippen molar-refractivity contribution < 1.29 is 0 Å². The van der Waals surface area contributed by atoms with Gasteiger partial charge in [0.15, 0.2) is 0 Å². The monoisotopic (exact) mass is 408 g/mol. The molecule has 1 aliphatic heterocycles. The maximum absolute atomic E-state index is 7.13. The number of fused-ring (bicyclic) bond motifs is 2. The molecule has 5 rings (SSSR count). The second kappa shape index (κ2) is 8.82. The lowest BCUT2D eigenvalue weighted by atomic mass is 9.80. The summed E-state index contributed by atoms with van der Waals surface area (Å²) in [7, 11) is 0. The zero-order valence-electron chi connectivity index (χ0n) is 18.4. The molecule has 0 bridgehead atoms. The summed E-state index contributed by atoms with van der Waals surface area (Å²) >= 11 is 0. The highest BCUT2D eigenvalue weighted by Gasteiger charge is 2.31. The van der Waals surface area contributed by atoms with Crippen LogP contribution in [0.3, 0.4) is 0 Å². The molecule has 0 radical (unpaired) electrons. The lowest BCUT2D eigenvalue weighted by Crippen LogP contribution is -2.33. The first kappa shape index (κ1) is 20.2. The second-order valence-electron chi connectivity index (χ2n) is 8.97. The van der Waals surface area contributed by atoms with E-state index in [2.05, 4.69) is 96.8 Å². The quantitative estimate of drug-likeness (QED) is 0.387. The molecule has 158 valence electrons. The maximum Gasteiger partial charge on any atom is 0.0371 e. The summed E-state index contributed by atoms with van der Waals surface area (Å²) in [5, 5.41) is 5.14. The average Bonchev–Trinajstić information content (AvgIpc) is 3.29. The predicted octanol–water partition coefficient (Wildman–Crippen LogP) is 6.65. The van der Waals surface area contributed by atoms with Crippen LogP contribution in [0.1, 0.15) is 49.3 Å². The van der Waals surface area contributed by atoms with Crippen LogP contribution < -0.4 is 5.73 Å². The third kappa shape index (κ3) is 3.98. The van der Waals surface area contributed by atoms with Gasteiger partial charge in [0.1, 0.15) is 0 Å². The number of rotatable bonds is 6. The number of nitrogens with zero attached hydrogens (tertiary/aromatic N) is 1. The van der Waals surface area contributed by atoms with Gasteiger partial charge in [0, 0.05) is 18.0 Å². The molecule has 3 atom stereocenters. The van der Waals surface area contributed by atoms with Crippen molar-refractivity contribution in [1.29, 1.82) is 0 Å². The Kier molecular flexibility index (Phi) is 5.76. The van der Waals surface area contributed by atoms with Crippen LogP contribution in [0.15, 0.2) is 84.9 Å². The van der Waals surface area contributed by atoms with Crippen LogP contribution >= 0.6 is 0 Å². The molecule has 0 aromatic heterocycles. The predicted molar refractivity (Wildman–Crippen MR) is 132 cm³/mol. The number of nitrogens with two attached hydrogens (primary N) is 1. The lowest BCUT2D eigenvalue weighted by Gasteiger charge is -2.32. The fourth-order valence-electron chi connectivity index (χ4n) is 5.56. The summed E-state index contributed by atoms with van der Waals surface area (Å²) < 4.78 is 0. The Morgan fingerprint density at radius 2 is 1.61 bits per heavy atom. The number of hydrogen-bond donors (Lipinski definition) is 1. The van der Waals surface area contributed by atoms with Crippen LogP contribution in [-0.2, 0) is 0 Å². The molecule has 4 aromatic rings. The van der Waals surface area contributed by atoms with Crippen molar-refractivity contribution in [2.45, 2.75) is 44.2 Å². The van der Waals surface area contributed by atoms with Crippen molar-refractivity contribution in [1.82, 2.24) is 4.90 Å². The van der Waals surface area contributed by atoms with Gasteiger partial charge in [-0.05, 0) is 65.0 Å². The Bertz CT molecular complexity index is 1180. The highest BCUT2D eigenvalue weighted by Crippen LogP contribution is 2.39. The SMILES string of the molecule is CCN1CCCC1CC(c1ccc2ccccc2c1)C(N)c1cccc2ccccc12. The number of hydrogen-bond acceptors (Lipinski definition) is 2. The standard InChI is InChI=1S/C29H32N2/c1-2-31-18-8-13-25(31)20-28(24-17-16-21-9-3-4-11-23(21)19-24)29(30)27-15-7-12-22-10-5-6-14-26(22)27/h3-7,9-12,14-17,19,25,28-29H,2,8,13,18,20,30H2,1H3. The molecule has 1 fully saturated rings. The van der Waals surface area contributed by atoms with Crippen molar-refractivity contribution in [3.63, 3.8) is 0 Å². The van der Waals surface area contributed by atoms with Crippen molar-refractivity contribution in [3.05, 3.63) is 96.1 Å². The van der Waals surface area contributed by atoms with E-state index in [1.54, 1.807) is 0 Å². The number of likely N-dealkylation sites (tertiary alicyclic amines) is 1. The summed E-state index contributed by atoms with van der Waals surface area (Å²) in [6.45, 7) is 4.63. The zero-order valence-corrected chi connectivity index (χ0v) is 18.4. The average molecular weight is 409 g/mol. The Labute approximate surface area is 185 Å². The molecule has 31 heavy (non-hydrogen) atoms. The fraction of sp³-hybridized carbons (Fsp3) is 0.310. The van der Waals surface area contributed by atoms with Crippen LogP contribution in [-0.4, -0.2) is 24.0 Å². The molecule has 4 aromatic carbocycles. The van der Waals surface area contributed by atoms with Crippen LogP contribution in [0, 0.1) is 0 Å². The maximum atomic E-state index is 7.13. The minimum atomic E-state index is -0.0356. The minimum absolute atomic E-state index is 0.0356. The number of benzene rings is 4. The van der Waals surface area contributed by atoms with E-state index in [4.69, 9.17) is 5.73 Å². The van der Waals surface area contributed by atoms with Crippen LogP contribution in [0.5, 0.6) is 0 Å². The molecule has 2 heteroatoms. The van der Waals surface area contributed by atoms with E-state index in [0.29, 0.717) is 6.04 Å². The van der Waals surface area contributed by atoms with Crippen molar-refractivity contribution in [3.8, 4) is 0 Å². The third-order valence-corrected chi connectivity index (χ3v) is 7.25. The van der Waals surface area contributed by atoms with Gasteiger partial charge in [-0.15, -0.1) is 0 Å². The Hall–Kier alpha value is -2.68. The van der Waals surface area contributed by atoms with E-state index in [1.807, 2.05) is 0 Å². The van der Waals surface area contributed by atoms with Gasteiger partial charge in [-0.3, -0.25) is 0 Å². The molecular weight excluding hydrogens is 376 g/mol. The van der Waals surface area contributed by atoms with Gasteiger partial charge < -0.3 is 10.6 Å². The van der Waals surface area contributed by atoms with Gasteiger partial charge in [-0.2, -0.15) is 0 Å². The first-order valence-electron chi connectivity index (χ1n) is 11.7.